The van der Waals surface area contributed by atoms with Crippen LogP contribution in [-0.4, -0.2) is 38.9 Å². The molecule has 150 valence electrons. The molecule has 5 nitrogen and oxygen atoms in total. The van der Waals surface area contributed by atoms with E-state index in [0.717, 1.165) is 17.1 Å². The van der Waals surface area contributed by atoms with Crippen LogP contribution in [0.4, 0.5) is 5.69 Å². The quantitative estimate of drug-likeness (QED) is 0.689. The predicted molar refractivity (Wildman–Crippen MR) is 112 cm³/mol. The summed E-state index contributed by atoms with van der Waals surface area (Å²) in [5.41, 5.74) is 0.191. The third-order valence-electron chi connectivity index (χ3n) is 4.82. The molecule has 0 unspecified atom stereocenters. The van der Waals surface area contributed by atoms with Crippen molar-refractivity contribution in [2.75, 3.05) is 23.9 Å². The summed E-state index contributed by atoms with van der Waals surface area (Å²) in [4.78, 5) is 14.8. The molecule has 1 fully saturated rings. The molecule has 1 atom stereocenters. The Morgan fingerprint density at radius 2 is 1.86 bits per heavy atom. The van der Waals surface area contributed by atoms with Gasteiger partial charge in [0, 0.05) is 13.1 Å². The highest BCUT2D eigenvalue weighted by Gasteiger charge is 2.31. The molecule has 8 heteroatoms. The maximum absolute atomic E-state index is 13.3. The van der Waals surface area contributed by atoms with Crippen molar-refractivity contribution in [2.45, 2.75) is 24.7 Å². The Morgan fingerprint density at radius 3 is 2.54 bits per heavy atom. The molecule has 0 bridgehead atoms. The topological polar surface area (TPSA) is 57.7 Å². The fourth-order valence-electron chi connectivity index (χ4n) is 3.34. The van der Waals surface area contributed by atoms with Crippen LogP contribution < -0.4 is 4.31 Å². The van der Waals surface area contributed by atoms with Crippen LogP contribution in [0.1, 0.15) is 19.8 Å². The first kappa shape index (κ1) is 21.0. The van der Waals surface area contributed by atoms with Gasteiger partial charge in [-0.05, 0) is 43.0 Å². The second kappa shape index (κ2) is 8.72. The summed E-state index contributed by atoms with van der Waals surface area (Å²) in [6.45, 7) is 3.02. The van der Waals surface area contributed by atoms with Crippen LogP contribution in [0.2, 0.25) is 10.0 Å². The molecule has 2 aromatic carbocycles. The summed E-state index contributed by atoms with van der Waals surface area (Å²) in [5, 5.41) is 0.329. The Hall–Kier alpha value is -1.76. The molecular weight excluding hydrogens is 419 g/mol. The van der Waals surface area contributed by atoms with Gasteiger partial charge in [0.2, 0.25) is 5.91 Å². The third kappa shape index (κ3) is 4.45. The number of piperidine rings is 1. The summed E-state index contributed by atoms with van der Waals surface area (Å²) >= 11 is 12.4. The molecule has 3 rings (SSSR count). The van der Waals surface area contributed by atoms with Gasteiger partial charge in [-0.3, -0.25) is 9.10 Å². The maximum atomic E-state index is 13.3. The second-order valence-corrected chi connectivity index (χ2v) is 9.63. The number of sulfonamides is 1. The van der Waals surface area contributed by atoms with E-state index in [1.54, 1.807) is 41.3 Å². The van der Waals surface area contributed by atoms with Gasteiger partial charge in [-0.25, -0.2) is 8.42 Å². The van der Waals surface area contributed by atoms with Gasteiger partial charge in [0.05, 0.1) is 20.6 Å². The smallest absolute Gasteiger partial charge is 0.264 e. The van der Waals surface area contributed by atoms with E-state index in [9.17, 15) is 13.2 Å². The van der Waals surface area contributed by atoms with E-state index in [1.165, 1.54) is 12.1 Å². The molecule has 1 amide bonds. The molecular formula is C20H22Cl2N2O3S. The molecule has 0 N–H and O–H groups in total. The summed E-state index contributed by atoms with van der Waals surface area (Å²) in [6.07, 6.45) is 1.98. The van der Waals surface area contributed by atoms with E-state index in [1.807, 2.05) is 0 Å². The van der Waals surface area contributed by atoms with E-state index in [2.05, 4.69) is 6.92 Å². The van der Waals surface area contributed by atoms with Crippen molar-refractivity contribution in [3.8, 4) is 0 Å². The van der Waals surface area contributed by atoms with Gasteiger partial charge >= 0.3 is 0 Å². The Balaban J connectivity index is 2.00. The first-order valence-electron chi connectivity index (χ1n) is 9.10. The van der Waals surface area contributed by atoms with Gasteiger partial charge in [-0.15, -0.1) is 0 Å². The number of anilines is 1. The summed E-state index contributed by atoms with van der Waals surface area (Å²) < 4.78 is 27.7. The Morgan fingerprint density at radius 1 is 1.14 bits per heavy atom. The number of benzene rings is 2. The Kier molecular flexibility index (Phi) is 6.53. The molecule has 0 spiro atoms. The summed E-state index contributed by atoms with van der Waals surface area (Å²) in [7, 11) is -4.00. The minimum absolute atomic E-state index is 0.0888. The van der Waals surface area contributed by atoms with Crippen molar-refractivity contribution in [3.63, 3.8) is 0 Å². The minimum atomic E-state index is -4.00. The lowest BCUT2D eigenvalue weighted by Gasteiger charge is -2.33. The van der Waals surface area contributed by atoms with Crippen LogP contribution in [0.5, 0.6) is 0 Å². The number of amides is 1. The van der Waals surface area contributed by atoms with Crippen LogP contribution in [0.25, 0.3) is 0 Å². The van der Waals surface area contributed by atoms with Gasteiger partial charge in [0.15, 0.2) is 0 Å². The average Bonchev–Trinajstić information content (AvgIpc) is 2.69. The fourth-order valence-corrected chi connectivity index (χ4v) is 5.24. The first-order valence-corrected chi connectivity index (χ1v) is 11.3. The van der Waals surface area contributed by atoms with Gasteiger partial charge in [0.1, 0.15) is 6.54 Å². The van der Waals surface area contributed by atoms with Crippen LogP contribution in [0.3, 0.4) is 0 Å². The molecule has 28 heavy (non-hydrogen) atoms. The molecule has 1 heterocycles. The van der Waals surface area contributed by atoms with Crippen LogP contribution in [-0.2, 0) is 14.8 Å². The molecule has 0 radical (unpaired) electrons. The molecule has 0 aromatic heterocycles. The van der Waals surface area contributed by atoms with Gasteiger partial charge in [0.25, 0.3) is 10.0 Å². The number of carbonyl (C=O) groups is 1. The lowest BCUT2D eigenvalue weighted by Crippen LogP contribution is -2.46. The van der Waals surface area contributed by atoms with Crippen molar-refractivity contribution >= 4 is 44.8 Å². The number of carbonyl (C=O) groups excluding carboxylic acids is 1. The maximum Gasteiger partial charge on any atom is 0.264 e. The summed E-state index contributed by atoms with van der Waals surface area (Å²) in [6, 6.07) is 12.7. The zero-order chi connectivity index (χ0) is 20.3. The van der Waals surface area contributed by atoms with Gasteiger partial charge in [-0.2, -0.15) is 0 Å². The van der Waals surface area contributed by atoms with E-state index < -0.39 is 10.0 Å². The summed E-state index contributed by atoms with van der Waals surface area (Å²) in [5.74, 6) is 0.147. The highest BCUT2D eigenvalue weighted by molar-refractivity contribution is 7.92. The van der Waals surface area contributed by atoms with Crippen molar-refractivity contribution in [1.82, 2.24) is 4.90 Å². The number of nitrogens with zero attached hydrogens (tertiary/aromatic N) is 2. The molecule has 1 saturated heterocycles. The highest BCUT2D eigenvalue weighted by atomic mass is 35.5. The van der Waals surface area contributed by atoms with Gasteiger partial charge < -0.3 is 4.90 Å². The Labute approximate surface area is 175 Å². The SMILES string of the molecule is C[C@H]1CCCN(C(=O)CN(c2cccc(Cl)c2Cl)S(=O)(=O)c2ccccc2)C1. The lowest BCUT2D eigenvalue weighted by atomic mass is 10.0. The van der Waals surface area contributed by atoms with E-state index in [4.69, 9.17) is 23.2 Å². The molecule has 0 aliphatic carbocycles. The lowest BCUT2D eigenvalue weighted by molar-refractivity contribution is -0.131. The number of rotatable bonds is 5. The number of hydrogen-bond donors (Lipinski definition) is 0. The zero-order valence-corrected chi connectivity index (χ0v) is 17.8. The fraction of sp³-hybridized carbons (Fsp3) is 0.350. The van der Waals surface area contributed by atoms with E-state index in [0.29, 0.717) is 19.0 Å². The number of likely N-dealkylation sites (tertiary alicyclic amines) is 1. The monoisotopic (exact) mass is 440 g/mol. The second-order valence-electron chi connectivity index (χ2n) is 6.98. The number of hydrogen-bond acceptors (Lipinski definition) is 3. The predicted octanol–water partition coefficient (Wildman–Crippen LogP) is 4.45. The number of halogens is 2. The van der Waals surface area contributed by atoms with E-state index in [-0.39, 0.29) is 33.1 Å². The Bertz CT molecular complexity index is 951. The standard InChI is InChI=1S/C20H22Cl2N2O3S/c1-15-7-6-12-23(13-15)19(25)14-24(18-11-5-10-17(21)20(18)22)28(26,27)16-8-3-2-4-9-16/h2-5,8-11,15H,6-7,12-14H2,1H3/t15-/m0/s1. The van der Waals surface area contributed by atoms with E-state index >= 15 is 0 Å². The molecule has 1 aliphatic heterocycles. The van der Waals surface area contributed by atoms with Crippen molar-refractivity contribution < 1.29 is 13.2 Å². The normalized spacial score (nSPS) is 17.4. The third-order valence-corrected chi connectivity index (χ3v) is 7.40. The van der Waals surface area contributed by atoms with Gasteiger partial charge in [-0.1, -0.05) is 54.4 Å². The molecule has 2 aromatic rings. The van der Waals surface area contributed by atoms with Crippen LogP contribution in [0, 0.1) is 5.92 Å². The zero-order valence-electron chi connectivity index (χ0n) is 15.5. The minimum Gasteiger partial charge on any atom is -0.341 e. The van der Waals surface area contributed by atoms with Crippen LogP contribution >= 0.6 is 23.2 Å². The van der Waals surface area contributed by atoms with Crippen molar-refractivity contribution in [2.24, 2.45) is 5.92 Å². The van der Waals surface area contributed by atoms with Crippen molar-refractivity contribution in [3.05, 3.63) is 58.6 Å². The van der Waals surface area contributed by atoms with Crippen LogP contribution in [0.15, 0.2) is 53.4 Å². The first-order chi connectivity index (χ1) is 13.3. The van der Waals surface area contributed by atoms with Crippen molar-refractivity contribution in [1.29, 1.82) is 0 Å². The largest absolute Gasteiger partial charge is 0.341 e. The average molecular weight is 441 g/mol. The molecule has 1 aliphatic rings. The molecule has 0 saturated carbocycles. The highest BCUT2D eigenvalue weighted by Crippen LogP contribution is 2.35.